The Labute approximate surface area is 226 Å². The molecule has 0 bridgehead atoms. The maximum Gasteiger partial charge on any atom is 0.268 e. The van der Waals surface area contributed by atoms with Gasteiger partial charge in [0.25, 0.3) is 11.8 Å². The number of thioether (sulfide) groups is 1. The Morgan fingerprint density at radius 2 is 1.63 bits per heavy atom. The first-order valence-corrected chi connectivity index (χ1v) is 13.7. The van der Waals surface area contributed by atoms with Crippen molar-refractivity contribution in [3.8, 4) is 0 Å². The summed E-state index contributed by atoms with van der Waals surface area (Å²) in [5.74, 6) is -0.828. The number of aromatic nitrogens is 1. The first-order valence-electron chi connectivity index (χ1n) is 12.8. The van der Waals surface area contributed by atoms with E-state index in [-0.39, 0.29) is 24.3 Å². The van der Waals surface area contributed by atoms with Crippen LogP contribution in [0.3, 0.4) is 0 Å². The van der Waals surface area contributed by atoms with Crippen molar-refractivity contribution in [3.63, 3.8) is 0 Å². The van der Waals surface area contributed by atoms with Crippen molar-refractivity contribution in [3.05, 3.63) is 96.2 Å². The molecule has 8 heteroatoms. The smallest absolute Gasteiger partial charge is 0.268 e. The van der Waals surface area contributed by atoms with Crippen LogP contribution in [0.15, 0.2) is 89.8 Å². The average Bonchev–Trinajstić information content (AvgIpc) is 3.35. The Morgan fingerprint density at radius 1 is 0.947 bits per heavy atom. The van der Waals surface area contributed by atoms with Gasteiger partial charge in [0.15, 0.2) is 0 Å². The number of H-pyrrole nitrogens is 1. The third-order valence-corrected chi connectivity index (χ3v) is 8.24. The van der Waals surface area contributed by atoms with Gasteiger partial charge in [0.1, 0.15) is 18.3 Å². The summed E-state index contributed by atoms with van der Waals surface area (Å²) in [6.45, 7) is 4.86. The van der Waals surface area contributed by atoms with E-state index in [1.54, 1.807) is 11.0 Å². The Balaban J connectivity index is 1.55. The molecule has 0 fully saturated rings. The summed E-state index contributed by atoms with van der Waals surface area (Å²) in [5, 5.41) is 3.54. The average molecular weight is 527 g/mol. The molecule has 2 N–H and O–H groups in total. The molecule has 0 saturated heterocycles. The highest BCUT2D eigenvalue weighted by molar-refractivity contribution is 7.99. The molecular weight excluding hydrogens is 496 g/mol. The monoisotopic (exact) mass is 526 g/mol. The van der Waals surface area contributed by atoms with Gasteiger partial charge >= 0.3 is 0 Å². The zero-order valence-electron chi connectivity index (χ0n) is 21.4. The first kappa shape index (κ1) is 25.6. The highest BCUT2D eigenvalue weighted by Crippen LogP contribution is 2.45. The largest absolute Gasteiger partial charge is 0.351 e. The van der Waals surface area contributed by atoms with Crippen LogP contribution in [0.5, 0.6) is 0 Å². The molecule has 38 heavy (non-hydrogen) atoms. The van der Waals surface area contributed by atoms with E-state index < -0.39 is 11.3 Å². The van der Waals surface area contributed by atoms with Crippen LogP contribution in [-0.2, 0) is 9.59 Å². The summed E-state index contributed by atoms with van der Waals surface area (Å²) in [6.07, 6.45) is 0. The fourth-order valence-corrected chi connectivity index (χ4v) is 6.17. The highest BCUT2D eigenvalue weighted by atomic mass is 32.2. The van der Waals surface area contributed by atoms with Crippen LogP contribution in [0.4, 0.5) is 5.69 Å². The molecule has 0 aliphatic carbocycles. The number of hydrogen-bond acceptors (Lipinski definition) is 4. The fourth-order valence-electron chi connectivity index (χ4n) is 4.83. The van der Waals surface area contributed by atoms with Gasteiger partial charge in [-0.25, -0.2) is 0 Å². The van der Waals surface area contributed by atoms with E-state index >= 15 is 0 Å². The van der Waals surface area contributed by atoms with Crippen LogP contribution >= 0.6 is 11.8 Å². The number of rotatable bonds is 7. The quantitative estimate of drug-likeness (QED) is 0.354. The summed E-state index contributed by atoms with van der Waals surface area (Å²) < 4.78 is 0. The maximum absolute atomic E-state index is 14.3. The van der Waals surface area contributed by atoms with Gasteiger partial charge < -0.3 is 20.1 Å². The normalized spacial score (nSPS) is 17.1. The molecule has 1 aliphatic heterocycles. The van der Waals surface area contributed by atoms with Crippen LogP contribution in [0, 0.1) is 0 Å². The van der Waals surface area contributed by atoms with E-state index in [9.17, 15) is 14.4 Å². The maximum atomic E-state index is 14.3. The molecule has 0 radical (unpaired) electrons. The Kier molecular flexibility index (Phi) is 7.51. The molecule has 0 spiro atoms. The predicted octanol–water partition coefficient (Wildman–Crippen LogP) is 5.01. The third kappa shape index (κ3) is 5.04. The fraction of sp³-hybridized carbons (Fsp3) is 0.233. The van der Waals surface area contributed by atoms with E-state index in [2.05, 4.69) is 10.3 Å². The van der Waals surface area contributed by atoms with Crippen LogP contribution in [0.1, 0.15) is 35.1 Å². The van der Waals surface area contributed by atoms with Crippen LogP contribution in [0.2, 0.25) is 0 Å². The molecule has 0 saturated carbocycles. The molecule has 7 nitrogen and oxygen atoms in total. The number of carbonyl (C=O) groups is 3. The molecule has 0 unspecified atom stereocenters. The summed E-state index contributed by atoms with van der Waals surface area (Å²) in [6, 6.07) is 25.8. The number of anilines is 1. The van der Waals surface area contributed by atoms with Crippen molar-refractivity contribution >= 4 is 46.1 Å². The van der Waals surface area contributed by atoms with Gasteiger partial charge in [0.2, 0.25) is 5.91 Å². The topological polar surface area (TPSA) is 85.5 Å². The second-order valence-corrected chi connectivity index (χ2v) is 10.3. The first-order chi connectivity index (χ1) is 18.5. The number of aromatic amines is 1. The number of benzene rings is 3. The zero-order chi connectivity index (χ0) is 26.6. The van der Waals surface area contributed by atoms with Crippen molar-refractivity contribution in [2.45, 2.75) is 30.0 Å². The Hall–Kier alpha value is -4.04. The second-order valence-electron chi connectivity index (χ2n) is 9.13. The lowest BCUT2D eigenvalue weighted by atomic mass is 10.0. The van der Waals surface area contributed by atoms with E-state index in [0.29, 0.717) is 24.5 Å². The van der Waals surface area contributed by atoms with Crippen LogP contribution in [-0.4, -0.2) is 53.3 Å². The summed E-state index contributed by atoms with van der Waals surface area (Å²) >= 11 is 1.52. The Bertz CT molecular complexity index is 1430. The zero-order valence-corrected chi connectivity index (χ0v) is 22.2. The second kappa shape index (κ2) is 11.1. The van der Waals surface area contributed by atoms with Crippen LogP contribution < -0.4 is 10.2 Å². The van der Waals surface area contributed by atoms with Crippen molar-refractivity contribution in [2.24, 2.45) is 0 Å². The number of nitrogens with one attached hydrogen (secondary N) is 2. The minimum atomic E-state index is -0.904. The molecule has 1 aromatic heterocycles. The van der Waals surface area contributed by atoms with E-state index in [4.69, 9.17) is 0 Å². The molecule has 4 aromatic rings. The number of hydrogen-bond donors (Lipinski definition) is 2. The molecular formula is C30H30N4O3S. The Morgan fingerprint density at radius 3 is 2.37 bits per heavy atom. The van der Waals surface area contributed by atoms with Gasteiger partial charge in [-0.1, -0.05) is 60.7 Å². The number of para-hydroxylation sites is 2. The molecule has 3 aromatic carbocycles. The van der Waals surface area contributed by atoms with Gasteiger partial charge in [0, 0.05) is 28.9 Å². The van der Waals surface area contributed by atoms with E-state index in [0.717, 1.165) is 21.4 Å². The molecule has 1 aliphatic rings. The van der Waals surface area contributed by atoms with Gasteiger partial charge in [-0.15, -0.1) is 11.8 Å². The van der Waals surface area contributed by atoms with Crippen molar-refractivity contribution in [2.75, 3.05) is 24.5 Å². The number of carbonyl (C=O) groups excluding carboxylic acids is 3. The standard InChI is InChI=1S/C30H30N4O3S/c1-3-33(4-2)26(35)19-34-24-16-10-11-17-25(24)38-28(20-12-6-5-7-13-20)27(30(34)37)32-29(36)23-18-21-14-8-9-15-22(21)31-23/h5-18,27-28,31H,3-4,19H2,1-2H3,(H,32,36)/t27-,28-/m1/s1. The molecule has 2 atom stereocenters. The molecule has 194 valence electrons. The van der Waals surface area contributed by atoms with E-state index in [1.165, 1.54) is 16.7 Å². The van der Waals surface area contributed by atoms with Crippen molar-refractivity contribution < 1.29 is 14.4 Å². The van der Waals surface area contributed by atoms with Crippen molar-refractivity contribution in [1.29, 1.82) is 0 Å². The number of likely N-dealkylation sites (N-methyl/N-ethyl adjacent to an activating group) is 1. The van der Waals surface area contributed by atoms with Crippen molar-refractivity contribution in [1.82, 2.24) is 15.2 Å². The summed E-state index contributed by atoms with van der Waals surface area (Å²) in [5.41, 5.74) is 2.81. The lowest BCUT2D eigenvalue weighted by Gasteiger charge is -2.30. The number of fused-ring (bicyclic) bond motifs is 2. The number of amides is 3. The third-order valence-electron chi connectivity index (χ3n) is 6.84. The molecule has 5 rings (SSSR count). The minimum absolute atomic E-state index is 0.0989. The molecule has 3 amide bonds. The lowest BCUT2D eigenvalue weighted by Crippen LogP contribution is -2.53. The highest BCUT2D eigenvalue weighted by Gasteiger charge is 2.40. The molecule has 2 heterocycles. The van der Waals surface area contributed by atoms with Gasteiger partial charge in [-0.05, 0) is 43.7 Å². The predicted molar refractivity (Wildman–Crippen MR) is 151 cm³/mol. The summed E-state index contributed by atoms with van der Waals surface area (Å²) in [7, 11) is 0. The van der Waals surface area contributed by atoms with Gasteiger partial charge in [-0.2, -0.15) is 0 Å². The SMILES string of the molecule is CCN(CC)C(=O)CN1C(=O)[C@H](NC(=O)c2cc3ccccc3[nH]2)[C@@H](c2ccccc2)Sc2ccccc21. The number of nitrogens with zero attached hydrogens (tertiary/aromatic N) is 2. The van der Waals surface area contributed by atoms with E-state index in [1.807, 2.05) is 92.7 Å². The summed E-state index contributed by atoms with van der Waals surface area (Å²) in [4.78, 5) is 48.3. The van der Waals surface area contributed by atoms with Gasteiger partial charge in [-0.3, -0.25) is 14.4 Å². The lowest BCUT2D eigenvalue weighted by molar-refractivity contribution is -0.131. The van der Waals surface area contributed by atoms with Crippen LogP contribution in [0.25, 0.3) is 10.9 Å². The minimum Gasteiger partial charge on any atom is -0.351 e. The van der Waals surface area contributed by atoms with Gasteiger partial charge in [0.05, 0.1) is 10.9 Å².